The average Bonchev–Trinajstić information content (AvgIpc) is 2.81. The number of aryl methyl sites for hydroxylation is 1. The number of amides is 1. The number of rotatable bonds is 6. The number of aromatic nitrogens is 4. The van der Waals surface area contributed by atoms with Crippen LogP contribution in [0.1, 0.15) is 26.5 Å². The Balaban J connectivity index is 1.93. The zero-order valence-electron chi connectivity index (χ0n) is 20.3. The van der Waals surface area contributed by atoms with E-state index in [4.69, 9.17) is 14.2 Å². The van der Waals surface area contributed by atoms with Gasteiger partial charge in [0.15, 0.2) is 0 Å². The summed E-state index contributed by atoms with van der Waals surface area (Å²) >= 11 is 0. The van der Waals surface area contributed by atoms with Crippen molar-refractivity contribution < 1.29 is 23.8 Å². The van der Waals surface area contributed by atoms with Gasteiger partial charge in [-0.2, -0.15) is 0 Å². The quantitative estimate of drug-likeness (QED) is 0.508. The summed E-state index contributed by atoms with van der Waals surface area (Å²) in [6, 6.07) is 3.48. The van der Waals surface area contributed by atoms with Crippen molar-refractivity contribution in [2.45, 2.75) is 38.8 Å². The molecule has 0 aromatic carbocycles. The van der Waals surface area contributed by atoms with E-state index in [2.05, 4.69) is 15.3 Å². The summed E-state index contributed by atoms with van der Waals surface area (Å²) in [4.78, 5) is 58.7. The lowest BCUT2D eigenvalue weighted by Gasteiger charge is -2.22. The zero-order chi connectivity index (χ0) is 25.9. The molecule has 12 nitrogen and oxygen atoms in total. The summed E-state index contributed by atoms with van der Waals surface area (Å²) in [6.45, 7) is 5.10. The van der Waals surface area contributed by atoms with Crippen molar-refractivity contribution >= 4 is 23.0 Å². The summed E-state index contributed by atoms with van der Waals surface area (Å²) in [7, 11) is 4.16. The van der Waals surface area contributed by atoms with Gasteiger partial charge in [0.2, 0.25) is 5.88 Å². The molecule has 12 heteroatoms. The SMILES string of the molecule is COC(=O)[C@H](Cc1ccc(-n2c(=O)c3cc(OC)ncc3n(C)c2=O)cn1)NC(=O)OC(C)(C)C. The van der Waals surface area contributed by atoms with Crippen molar-refractivity contribution in [2.24, 2.45) is 7.05 Å². The molecule has 0 aliphatic heterocycles. The summed E-state index contributed by atoms with van der Waals surface area (Å²) < 4.78 is 17.3. The number of methoxy groups -OCH3 is 2. The molecule has 1 amide bonds. The molecule has 0 bridgehead atoms. The van der Waals surface area contributed by atoms with Crippen LogP contribution in [-0.2, 0) is 27.7 Å². The standard InChI is InChI=1S/C23H27N5O7/c1-23(2,3)35-21(31)26-16(20(30)34-6)9-13-7-8-14(11-24-13)28-19(29)15-10-18(33-5)25-12-17(15)27(4)22(28)32/h7-8,10-12,16H,9H2,1-6H3,(H,26,31)/t16-/m0/s1. The molecular weight excluding hydrogens is 458 g/mol. The second kappa shape index (κ2) is 9.95. The topological polar surface area (TPSA) is 144 Å². The second-order valence-electron chi connectivity index (χ2n) is 8.66. The number of nitrogens with one attached hydrogen (secondary N) is 1. The lowest BCUT2D eigenvalue weighted by atomic mass is 10.1. The van der Waals surface area contributed by atoms with Gasteiger partial charge in [-0.3, -0.25) is 14.3 Å². The Morgan fingerprint density at radius 1 is 1.11 bits per heavy atom. The van der Waals surface area contributed by atoms with E-state index in [0.29, 0.717) is 11.2 Å². The van der Waals surface area contributed by atoms with Crippen LogP contribution in [0, 0.1) is 0 Å². The number of ether oxygens (including phenoxy) is 3. The number of carbonyl (C=O) groups excluding carboxylic acids is 2. The molecule has 1 atom stereocenters. The van der Waals surface area contributed by atoms with Gasteiger partial charge in [-0.05, 0) is 32.9 Å². The highest BCUT2D eigenvalue weighted by molar-refractivity contribution is 5.81. The highest BCUT2D eigenvalue weighted by atomic mass is 16.6. The van der Waals surface area contributed by atoms with E-state index in [1.165, 1.54) is 50.4 Å². The van der Waals surface area contributed by atoms with Crippen LogP contribution in [-0.4, -0.2) is 57.0 Å². The Hall–Kier alpha value is -4.22. The predicted molar refractivity (Wildman–Crippen MR) is 126 cm³/mol. The highest BCUT2D eigenvalue weighted by Crippen LogP contribution is 2.14. The lowest BCUT2D eigenvalue weighted by molar-refractivity contribution is -0.143. The molecule has 0 saturated carbocycles. The third-order valence-corrected chi connectivity index (χ3v) is 5.00. The molecule has 0 fully saturated rings. The summed E-state index contributed by atoms with van der Waals surface area (Å²) in [5.41, 5.74) is -0.885. The lowest BCUT2D eigenvalue weighted by Crippen LogP contribution is -2.45. The fraction of sp³-hybridized carbons (Fsp3) is 0.391. The summed E-state index contributed by atoms with van der Waals surface area (Å²) in [5, 5.41) is 2.72. The fourth-order valence-electron chi connectivity index (χ4n) is 3.33. The molecule has 0 unspecified atom stereocenters. The van der Waals surface area contributed by atoms with Crippen LogP contribution in [0.25, 0.3) is 16.6 Å². The first-order chi connectivity index (χ1) is 16.4. The first kappa shape index (κ1) is 25.4. The minimum atomic E-state index is -1.05. The molecule has 0 aliphatic carbocycles. The zero-order valence-corrected chi connectivity index (χ0v) is 20.3. The Morgan fingerprint density at radius 3 is 2.40 bits per heavy atom. The Morgan fingerprint density at radius 2 is 1.83 bits per heavy atom. The van der Waals surface area contributed by atoms with Gasteiger partial charge >= 0.3 is 17.8 Å². The molecule has 0 spiro atoms. The minimum Gasteiger partial charge on any atom is -0.481 e. The van der Waals surface area contributed by atoms with E-state index in [1.807, 2.05) is 0 Å². The smallest absolute Gasteiger partial charge is 0.408 e. The monoisotopic (exact) mass is 485 g/mol. The molecule has 0 aliphatic rings. The molecule has 186 valence electrons. The number of nitrogens with zero attached hydrogens (tertiary/aromatic N) is 4. The van der Waals surface area contributed by atoms with Gasteiger partial charge in [-0.15, -0.1) is 0 Å². The van der Waals surface area contributed by atoms with Crippen molar-refractivity contribution in [3.8, 4) is 11.6 Å². The van der Waals surface area contributed by atoms with Crippen molar-refractivity contribution in [2.75, 3.05) is 14.2 Å². The van der Waals surface area contributed by atoms with Crippen molar-refractivity contribution in [3.05, 3.63) is 57.1 Å². The van der Waals surface area contributed by atoms with Gasteiger partial charge in [-0.1, -0.05) is 0 Å². The molecule has 3 rings (SSSR count). The number of hydrogen-bond acceptors (Lipinski definition) is 9. The van der Waals surface area contributed by atoms with Crippen LogP contribution in [0.3, 0.4) is 0 Å². The van der Waals surface area contributed by atoms with E-state index < -0.39 is 35.0 Å². The maximum atomic E-state index is 13.1. The molecule has 0 saturated heterocycles. The van der Waals surface area contributed by atoms with E-state index in [0.717, 1.165) is 4.57 Å². The van der Waals surface area contributed by atoms with Crippen LogP contribution in [0.15, 0.2) is 40.2 Å². The van der Waals surface area contributed by atoms with Crippen molar-refractivity contribution in [1.29, 1.82) is 0 Å². The number of fused-ring (bicyclic) bond motifs is 1. The highest BCUT2D eigenvalue weighted by Gasteiger charge is 2.26. The van der Waals surface area contributed by atoms with Crippen molar-refractivity contribution in [1.82, 2.24) is 24.4 Å². The Bertz CT molecular complexity index is 1370. The molecule has 35 heavy (non-hydrogen) atoms. The van der Waals surface area contributed by atoms with E-state index in [9.17, 15) is 19.2 Å². The number of hydrogen-bond donors (Lipinski definition) is 1. The summed E-state index contributed by atoms with van der Waals surface area (Å²) in [6.07, 6.45) is 1.96. The number of carbonyl (C=O) groups is 2. The van der Waals surface area contributed by atoms with Crippen molar-refractivity contribution in [3.63, 3.8) is 0 Å². The Labute approximate surface area is 200 Å². The normalized spacial score (nSPS) is 12.2. The number of alkyl carbamates (subject to hydrolysis) is 1. The van der Waals surface area contributed by atoms with Gasteiger partial charge < -0.3 is 19.5 Å². The first-order valence-electron chi connectivity index (χ1n) is 10.6. The van der Waals surface area contributed by atoms with Crippen LogP contribution in [0.4, 0.5) is 4.79 Å². The Kier molecular flexibility index (Phi) is 7.22. The largest absolute Gasteiger partial charge is 0.481 e. The first-order valence-corrected chi connectivity index (χ1v) is 10.6. The third-order valence-electron chi connectivity index (χ3n) is 5.00. The molecular formula is C23H27N5O7. The number of pyridine rings is 2. The maximum Gasteiger partial charge on any atom is 0.408 e. The van der Waals surface area contributed by atoms with Gasteiger partial charge in [0.1, 0.15) is 11.6 Å². The maximum absolute atomic E-state index is 13.1. The molecule has 3 aromatic rings. The third kappa shape index (κ3) is 5.65. The van der Waals surface area contributed by atoms with E-state index in [1.54, 1.807) is 26.8 Å². The van der Waals surface area contributed by atoms with E-state index in [-0.39, 0.29) is 23.4 Å². The van der Waals surface area contributed by atoms with Gasteiger partial charge in [0, 0.05) is 25.2 Å². The van der Waals surface area contributed by atoms with Gasteiger partial charge in [0.05, 0.1) is 43.2 Å². The number of esters is 1. The molecule has 3 aromatic heterocycles. The van der Waals surface area contributed by atoms with Crippen LogP contribution in [0.2, 0.25) is 0 Å². The van der Waals surface area contributed by atoms with Crippen LogP contribution < -0.4 is 21.3 Å². The molecule has 1 N–H and O–H groups in total. The van der Waals surface area contributed by atoms with Crippen LogP contribution >= 0.6 is 0 Å². The van der Waals surface area contributed by atoms with Gasteiger partial charge in [-0.25, -0.2) is 23.9 Å². The minimum absolute atomic E-state index is 0.000304. The second-order valence-corrected chi connectivity index (χ2v) is 8.66. The molecule has 3 heterocycles. The fourth-order valence-corrected chi connectivity index (χ4v) is 3.33. The van der Waals surface area contributed by atoms with Gasteiger partial charge in [0.25, 0.3) is 5.56 Å². The molecule has 0 radical (unpaired) electrons. The van der Waals surface area contributed by atoms with E-state index >= 15 is 0 Å². The summed E-state index contributed by atoms with van der Waals surface area (Å²) in [5.74, 6) is -0.441. The van der Waals surface area contributed by atoms with Crippen LogP contribution in [0.5, 0.6) is 5.88 Å². The average molecular weight is 485 g/mol. The predicted octanol–water partition coefficient (Wildman–Crippen LogP) is 1.10.